The van der Waals surface area contributed by atoms with Gasteiger partial charge in [-0.3, -0.25) is 4.79 Å². The van der Waals surface area contributed by atoms with Crippen molar-refractivity contribution >= 4 is 5.78 Å². The lowest BCUT2D eigenvalue weighted by Gasteiger charge is -2.62. The lowest BCUT2D eigenvalue weighted by molar-refractivity contribution is -0.124. The first-order valence-corrected chi connectivity index (χ1v) is 10.5. The van der Waals surface area contributed by atoms with Crippen LogP contribution in [0, 0.1) is 51.2 Å². The highest BCUT2D eigenvalue weighted by molar-refractivity contribution is 5.86. The maximum Gasteiger partial charge on any atom is 0.138 e. The van der Waals surface area contributed by atoms with Gasteiger partial charge in [-0.2, -0.15) is 5.26 Å². The van der Waals surface area contributed by atoms with E-state index in [0.717, 1.165) is 38.5 Å². The fourth-order valence-electron chi connectivity index (χ4n) is 7.80. The molecule has 142 valence electrons. The Bertz CT molecular complexity index is 705. The Hall–Kier alpha value is -1.14. The quantitative estimate of drug-likeness (QED) is 0.696. The summed E-state index contributed by atoms with van der Waals surface area (Å²) in [6, 6.07) is 2.38. The molecule has 3 saturated carbocycles. The number of aliphatic hydroxyl groups excluding tert-OH is 1. The number of hydrogen-bond acceptors (Lipinski definition) is 3. The molecular formula is C23H33NO2. The summed E-state index contributed by atoms with van der Waals surface area (Å²) in [6.07, 6.45) is 8.93. The third-order valence-electron chi connectivity index (χ3n) is 9.48. The first kappa shape index (κ1) is 18.2. The molecule has 4 rings (SSSR count). The summed E-state index contributed by atoms with van der Waals surface area (Å²) < 4.78 is 0. The number of ketones is 1. The number of carbonyl (C=O) groups is 1. The van der Waals surface area contributed by atoms with Gasteiger partial charge in [-0.05, 0) is 73.5 Å². The van der Waals surface area contributed by atoms with Gasteiger partial charge in [0.2, 0.25) is 0 Å². The second-order valence-corrected chi connectivity index (χ2v) is 10.4. The molecule has 3 heteroatoms. The maximum atomic E-state index is 13.0. The minimum Gasteiger partial charge on any atom is -0.393 e. The van der Waals surface area contributed by atoms with Gasteiger partial charge in [-0.15, -0.1) is 0 Å². The van der Waals surface area contributed by atoms with E-state index in [1.165, 1.54) is 5.57 Å². The Morgan fingerprint density at radius 3 is 2.62 bits per heavy atom. The van der Waals surface area contributed by atoms with Crippen LogP contribution in [0.25, 0.3) is 0 Å². The smallest absolute Gasteiger partial charge is 0.138 e. The second-order valence-electron chi connectivity index (χ2n) is 10.4. The minimum atomic E-state index is -0.194. The molecule has 8 atom stereocenters. The number of carbonyl (C=O) groups excluding carboxylic acids is 1. The van der Waals surface area contributed by atoms with Gasteiger partial charge in [-0.1, -0.05) is 32.4 Å². The van der Waals surface area contributed by atoms with Gasteiger partial charge in [0.15, 0.2) is 0 Å². The molecule has 0 spiro atoms. The molecule has 4 aliphatic rings. The largest absolute Gasteiger partial charge is 0.393 e. The number of Topliss-reactive ketones (excluding diaryl/α,β-unsaturated/α-hetero) is 1. The predicted octanol–water partition coefficient (Wildman–Crippen LogP) is 4.66. The summed E-state index contributed by atoms with van der Waals surface area (Å²) in [5.41, 5.74) is 1.59. The maximum absolute atomic E-state index is 13.0. The van der Waals surface area contributed by atoms with Gasteiger partial charge in [0.1, 0.15) is 5.78 Å². The SMILES string of the molecule is C[C@H](C#N)[C@H]1C(=O)C[C@@]2(C)C3CC=C4C[C@@H](O)CC[C@]4(C)C3CC[C@]12C. The molecule has 4 aliphatic carbocycles. The van der Waals surface area contributed by atoms with Crippen molar-refractivity contribution < 1.29 is 9.90 Å². The number of nitriles is 1. The molecule has 1 N–H and O–H groups in total. The molecule has 0 saturated heterocycles. The number of allylic oxidation sites excluding steroid dienone is 1. The molecular weight excluding hydrogens is 322 g/mol. The van der Waals surface area contributed by atoms with E-state index in [0.29, 0.717) is 24.0 Å². The highest BCUT2D eigenvalue weighted by Crippen LogP contribution is 2.71. The van der Waals surface area contributed by atoms with Crippen molar-refractivity contribution in [3.05, 3.63) is 11.6 Å². The fraction of sp³-hybridized carbons (Fsp3) is 0.826. The number of aliphatic hydroxyl groups is 1. The van der Waals surface area contributed by atoms with Crippen molar-refractivity contribution in [2.45, 2.75) is 78.7 Å². The zero-order valence-electron chi connectivity index (χ0n) is 16.7. The fourth-order valence-corrected chi connectivity index (χ4v) is 7.80. The van der Waals surface area contributed by atoms with Crippen LogP contribution in [0.15, 0.2) is 11.6 Å². The van der Waals surface area contributed by atoms with Crippen LogP contribution in [-0.4, -0.2) is 17.0 Å². The van der Waals surface area contributed by atoms with E-state index < -0.39 is 0 Å². The Kier molecular flexibility index (Phi) is 3.98. The van der Waals surface area contributed by atoms with E-state index in [-0.39, 0.29) is 34.2 Å². The van der Waals surface area contributed by atoms with E-state index in [1.54, 1.807) is 0 Å². The molecule has 0 radical (unpaired) electrons. The lowest BCUT2D eigenvalue weighted by atomic mass is 9.42. The van der Waals surface area contributed by atoms with Crippen LogP contribution in [0.3, 0.4) is 0 Å². The highest BCUT2D eigenvalue weighted by atomic mass is 16.3. The summed E-state index contributed by atoms with van der Waals surface area (Å²) in [5, 5.41) is 19.7. The molecule has 0 aromatic carbocycles. The molecule has 26 heavy (non-hydrogen) atoms. The molecule has 0 bridgehead atoms. The minimum absolute atomic E-state index is 0.0100. The van der Waals surface area contributed by atoms with Gasteiger partial charge in [0, 0.05) is 12.3 Å². The summed E-state index contributed by atoms with van der Waals surface area (Å²) in [4.78, 5) is 13.0. The van der Waals surface area contributed by atoms with Gasteiger partial charge in [-0.25, -0.2) is 0 Å². The normalized spacial score (nSPS) is 51.5. The molecule has 3 fully saturated rings. The number of hydrogen-bond donors (Lipinski definition) is 1. The predicted molar refractivity (Wildman–Crippen MR) is 101 cm³/mol. The van der Waals surface area contributed by atoms with Gasteiger partial charge in [0.05, 0.1) is 18.1 Å². The van der Waals surface area contributed by atoms with Crippen LogP contribution in [-0.2, 0) is 4.79 Å². The molecule has 0 aromatic rings. The van der Waals surface area contributed by atoms with Gasteiger partial charge < -0.3 is 5.11 Å². The number of rotatable bonds is 1. The molecule has 0 aliphatic heterocycles. The Morgan fingerprint density at radius 1 is 1.19 bits per heavy atom. The second kappa shape index (κ2) is 5.68. The molecule has 0 aromatic heterocycles. The third kappa shape index (κ3) is 2.12. The van der Waals surface area contributed by atoms with E-state index in [4.69, 9.17) is 0 Å². The van der Waals surface area contributed by atoms with Crippen LogP contribution in [0.4, 0.5) is 0 Å². The van der Waals surface area contributed by atoms with Crippen LogP contribution in [0.5, 0.6) is 0 Å². The van der Waals surface area contributed by atoms with Gasteiger partial charge in [0.25, 0.3) is 0 Å². The number of nitrogens with zero attached hydrogens (tertiary/aromatic N) is 1. The summed E-state index contributed by atoms with van der Waals surface area (Å²) in [6.45, 7) is 9.01. The van der Waals surface area contributed by atoms with Crippen LogP contribution < -0.4 is 0 Å². The molecule has 3 nitrogen and oxygen atoms in total. The van der Waals surface area contributed by atoms with Crippen molar-refractivity contribution in [1.82, 2.24) is 0 Å². The van der Waals surface area contributed by atoms with Gasteiger partial charge >= 0.3 is 0 Å². The average molecular weight is 356 g/mol. The summed E-state index contributed by atoms with van der Waals surface area (Å²) in [5.74, 6) is 1.15. The first-order chi connectivity index (χ1) is 12.2. The zero-order valence-corrected chi connectivity index (χ0v) is 16.7. The highest BCUT2D eigenvalue weighted by Gasteiger charge is 2.67. The third-order valence-corrected chi connectivity index (χ3v) is 9.48. The number of fused-ring (bicyclic) bond motifs is 5. The van der Waals surface area contributed by atoms with Crippen LogP contribution in [0.1, 0.15) is 72.6 Å². The lowest BCUT2D eigenvalue weighted by Crippen LogP contribution is -2.55. The average Bonchev–Trinajstić information content (AvgIpc) is 2.80. The monoisotopic (exact) mass is 355 g/mol. The van der Waals surface area contributed by atoms with Crippen molar-refractivity contribution in [2.24, 2.45) is 39.9 Å². The van der Waals surface area contributed by atoms with Crippen molar-refractivity contribution in [3.63, 3.8) is 0 Å². The zero-order chi connectivity index (χ0) is 18.9. The van der Waals surface area contributed by atoms with Crippen molar-refractivity contribution in [3.8, 4) is 6.07 Å². The molecule has 0 amide bonds. The van der Waals surface area contributed by atoms with E-state index in [9.17, 15) is 15.2 Å². The molecule has 0 heterocycles. The summed E-state index contributed by atoms with van der Waals surface area (Å²) >= 11 is 0. The molecule has 2 unspecified atom stereocenters. The Labute approximate surface area is 157 Å². The van der Waals surface area contributed by atoms with Crippen molar-refractivity contribution in [1.29, 1.82) is 5.26 Å². The van der Waals surface area contributed by atoms with E-state index >= 15 is 0 Å². The topological polar surface area (TPSA) is 61.1 Å². The Balaban J connectivity index is 1.75. The van der Waals surface area contributed by atoms with Crippen molar-refractivity contribution in [2.75, 3.05) is 0 Å². The van der Waals surface area contributed by atoms with E-state index in [1.807, 2.05) is 6.92 Å². The first-order valence-electron chi connectivity index (χ1n) is 10.5. The van der Waals surface area contributed by atoms with Crippen LogP contribution >= 0.6 is 0 Å². The van der Waals surface area contributed by atoms with Crippen LogP contribution in [0.2, 0.25) is 0 Å². The standard InChI is InChI=1S/C23H33NO2/c1-14(13-24)20-19(26)12-23(4)18-6-5-15-11-16(25)7-9-21(15,2)17(18)8-10-22(20,23)3/h5,14,16-18,20,25H,6-12H2,1-4H3/t14-,16+,17?,18?,20+,21+,22-,23+/m1/s1. The van der Waals surface area contributed by atoms with E-state index in [2.05, 4.69) is 32.9 Å². The summed E-state index contributed by atoms with van der Waals surface area (Å²) in [7, 11) is 0. The Morgan fingerprint density at radius 2 is 1.92 bits per heavy atom.